The number of rotatable bonds is 2. The Labute approximate surface area is 136 Å². The lowest BCUT2D eigenvalue weighted by Gasteiger charge is -2.34. The van der Waals surface area contributed by atoms with E-state index in [-0.39, 0.29) is 5.38 Å². The van der Waals surface area contributed by atoms with Crippen molar-refractivity contribution >= 4 is 34.2 Å². The number of alkyl halides is 1. The fourth-order valence-electron chi connectivity index (χ4n) is 3.89. The summed E-state index contributed by atoms with van der Waals surface area (Å²) in [7, 11) is 0. The summed E-state index contributed by atoms with van der Waals surface area (Å²) in [5, 5.41) is 0.662. The van der Waals surface area contributed by atoms with E-state index in [9.17, 15) is 0 Å². The Balaban J connectivity index is 2.17. The average Bonchev–Trinajstić information content (AvgIpc) is 2.78. The molecule has 1 fully saturated rings. The summed E-state index contributed by atoms with van der Waals surface area (Å²) < 4.78 is 2.32. The molecule has 0 saturated heterocycles. The highest BCUT2D eigenvalue weighted by Crippen LogP contribution is 2.41. The topological polar surface area (TPSA) is 17.8 Å². The molecule has 0 amide bonds. The van der Waals surface area contributed by atoms with Crippen LogP contribution in [0.5, 0.6) is 0 Å². The predicted octanol–water partition coefficient (Wildman–Crippen LogP) is 5.99. The van der Waals surface area contributed by atoms with Gasteiger partial charge in [-0.25, -0.2) is 4.98 Å². The molecule has 3 atom stereocenters. The lowest BCUT2D eigenvalue weighted by molar-refractivity contribution is 0.221. The van der Waals surface area contributed by atoms with E-state index in [1.807, 2.05) is 25.1 Å². The molecule has 0 bridgehead atoms. The van der Waals surface area contributed by atoms with Crippen molar-refractivity contribution in [3.05, 3.63) is 29.0 Å². The Morgan fingerprint density at radius 3 is 2.48 bits per heavy atom. The first-order valence-corrected chi connectivity index (χ1v) is 8.59. The van der Waals surface area contributed by atoms with Crippen LogP contribution in [-0.2, 0) is 0 Å². The molecule has 1 saturated carbocycles. The highest BCUT2D eigenvalue weighted by molar-refractivity contribution is 6.35. The van der Waals surface area contributed by atoms with Crippen molar-refractivity contribution in [1.29, 1.82) is 0 Å². The maximum atomic E-state index is 6.47. The maximum Gasteiger partial charge on any atom is 0.128 e. The van der Waals surface area contributed by atoms with Crippen LogP contribution in [0.4, 0.5) is 0 Å². The van der Waals surface area contributed by atoms with E-state index in [0.29, 0.717) is 6.04 Å². The second-order valence-electron chi connectivity index (χ2n) is 6.63. The van der Waals surface area contributed by atoms with Gasteiger partial charge in [-0.1, -0.05) is 31.5 Å². The highest BCUT2D eigenvalue weighted by Gasteiger charge is 2.29. The molecule has 3 rings (SSSR count). The summed E-state index contributed by atoms with van der Waals surface area (Å²) >= 11 is 12.9. The van der Waals surface area contributed by atoms with E-state index in [2.05, 4.69) is 18.4 Å². The van der Waals surface area contributed by atoms with Crippen molar-refractivity contribution < 1.29 is 0 Å². The van der Waals surface area contributed by atoms with Crippen LogP contribution in [0.2, 0.25) is 5.02 Å². The Bertz CT molecular complexity index is 638. The normalized spacial score (nSPS) is 28.0. The standard InChI is InChI=1S/C17H22Cl2N2/c1-10-7-11(2)9-13(8-10)21-16-14(19)5-4-6-15(16)20-17(21)12(3)18/h4-6,10-13H,7-9H2,1-3H3. The number of aromatic nitrogens is 2. The van der Waals surface area contributed by atoms with E-state index in [1.165, 1.54) is 19.3 Å². The number of hydrogen-bond acceptors (Lipinski definition) is 1. The van der Waals surface area contributed by atoms with Crippen LogP contribution in [0.25, 0.3) is 11.0 Å². The minimum absolute atomic E-state index is 0.110. The summed E-state index contributed by atoms with van der Waals surface area (Å²) in [6.45, 7) is 6.67. The molecule has 1 heterocycles. The maximum absolute atomic E-state index is 6.47. The molecule has 1 aromatic carbocycles. The molecule has 0 aliphatic heterocycles. The minimum atomic E-state index is -0.110. The molecule has 1 aromatic heterocycles. The number of benzene rings is 1. The van der Waals surface area contributed by atoms with Crippen LogP contribution in [0.15, 0.2) is 18.2 Å². The van der Waals surface area contributed by atoms with Crippen LogP contribution < -0.4 is 0 Å². The molecule has 4 heteroatoms. The fourth-order valence-corrected chi connectivity index (χ4v) is 4.30. The van der Waals surface area contributed by atoms with E-state index in [1.54, 1.807) is 0 Å². The fraction of sp³-hybridized carbons (Fsp3) is 0.588. The molecule has 21 heavy (non-hydrogen) atoms. The van der Waals surface area contributed by atoms with Crippen molar-refractivity contribution in [2.75, 3.05) is 0 Å². The first-order valence-electron chi connectivity index (χ1n) is 7.77. The third-order valence-electron chi connectivity index (χ3n) is 4.56. The summed E-state index contributed by atoms with van der Waals surface area (Å²) in [6.07, 6.45) is 3.66. The number of halogens is 2. The lowest BCUT2D eigenvalue weighted by atomic mass is 9.80. The van der Waals surface area contributed by atoms with Gasteiger partial charge in [0.25, 0.3) is 0 Å². The van der Waals surface area contributed by atoms with Crippen LogP contribution >= 0.6 is 23.2 Å². The lowest BCUT2D eigenvalue weighted by Crippen LogP contribution is -2.24. The summed E-state index contributed by atoms with van der Waals surface area (Å²) in [6, 6.07) is 6.37. The molecular formula is C17H22Cl2N2. The smallest absolute Gasteiger partial charge is 0.128 e. The zero-order chi connectivity index (χ0) is 15.1. The first-order chi connectivity index (χ1) is 9.97. The number of hydrogen-bond donors (Lipinski definition) is 0. The Kier molecular flexibility index (Phi) is 4.20. The first kappa shape index (κ1) is 15.2. The van der Waals surface area contributed by atoms with Crippen molar-refractivity contribution in [3.63, 3.8) is 0 Å². The molecule has 114 valence electrons. The predicted molar refractivity (Wildman–Crippen MR) is 90.2 cm³/mol. The Morgan fingerprint density at radius 2 is 1.86 bits per heavy atom. The van der Waals surface area contributed by atoms with Gasteiger partial charge in [-0.15, -0.1) is 11.6 Å². The SMILES string of the molecule is CC1CC(C)CC(n2c(C(C)Cl)nc3cccc(Cl)c32)C1. The molecule has 3 unspecified atom stereocenters. The van der Waals surface area contributed by atoms with E-state index in [0.717, 1.165) is 33.7 Å². The molecule has 2 nitrogen and oxygen atoms in total. The summed E-state index contributed by atoms with van der Waals surface area (Å²) in [5.41, 5.74) is 2.00. The quantitative estimate of drug-likeness (QED) is 0.620. The average molecular weight is 325 g/mol. The van der Waals surface area contributed by atoms with E-state index < -0.39 is 0 Å². The third kappa shape index (κ3) is 2.80. The van der Waals surface area contributed by atoms with Crippen LogP contribution in [0, 0.1) is 11.8 Å². The van der Waals surface area contributed by atoms with Gasteiger partial charge in [-0.3, -0.25) is 0 Å². The van der Waals surface area contributed by atoms with Gasteiger partial charge in [0.1, 0.15) is 5.82 Å². The second-order valence-corrected chi connectivity index (χ2v) is 7.70. The van der Waals surface area contributed by atoms with Gasteiger partial charge >= 0.3 is 0 Å². The number of nitrogens with zero attached hydrogens (tertiary/aromatic N) is 2. The summed E-state index contributed by atoms with van der Waals surface area (Å²) in [4.78, 5) is 4.74. The van der Waals surface area contributed by atoms with Gasteiger partial charge < -0.3 is 4.57 Å². The highest BCUT2D eigenvalue weighted by atomic mass is 35.5. The molecule has 2 aromatic rings. The number of fused-ring (bicyclic) bond motifs is 1. The van der Waals surface area contributed by atoms with Gasteiger partial charge in [-0.05, 0) is 50.2 Å². The van der Waals surface area contributed by atoms with Crippen LogP contribution in [-0.4, -0.2) is 9.55 Å². The molecule has 1 aliphatic rings. The van der Waals surface area contributed by atoms with Crippen molar-refractivity contribution in [1.82, 2.24) is 9.55 Å². The molecule has 1 aliphatic carbocycles. The molecule has 0 N–H and O–H groups in total. The van der Waals surface area contributed by atoms with Gasteiger partial charge in [0.15, 0.2) is 0 Å². The van der Waals surface area contributed by atoms with Crippen LogP contribution in [0.1, 0.15) is 57.3 Å². The number of para-hydroxylation sites is 1. The minimum Gasteiger partial charge on any atom is -0.322 e. The van der Waals surface area contributed by atoms with Crippen molar-refractivity contribution in [2.45, 2.75) is 51.5 Å². The van der Waals surface area contributed by atoms with Crippen molar-refractivity contribution in [3.8, 4) is 0 Å². The van der Waals surface area contributed by atoms with Gasteiger partial charge in [0.2, 0.25) is 0 Å². The zero-order valence-corrected chi connectivity index (χ0v) is 14.3. The van der Waals surface area contributed by atoms with Gasteiger partial charge in [0.05, 0.1) is 21.4 Å². The molecular weight excluding hydrogens is 303 g/mol. The van der Waals surface area contributed by atoms with Crippen molar-refractivity contribution in [2.24, 2.45) is 11.8 Å². The summed E-state index contributed by atoms with van der Waals surface area (Å²) in [5.74, 6) is 2.42. The molecule has 0 radical (unpaired) electrons. The second kappa shape index (κ2) is 5.81. The van der Waals surface area contributed by atoms with Crippen LogP contribution in [0.3, 0.4) is 0 Å². The largest absolute Gasteiger partial charge is 0.322 e. The van der Waals surface area contributed by atoms with E-state index in [4.69, 9.17) is 28.2 Å². The zero-order valence-electron chi connectivity index (χ0n) is 12.8. The Hall–Kier alpha value is -0.730. The van der Waals surface area contributed by atoms with Gasteiger partial charge in [-0.2, -0.15) is 0 Å². The van der Waals surface area contributed by atoms with E-state index >= 15 is 0 Å². The Morgan fingerprint density at radius 1 is 1.19 bits per heavy atom. The number of imidazole rings is 1. The van der Waals surface area contributed by atoms with Gasteiger partial charge in [0, 0.05) is 6.04 Å². The monoisotopic (exact) mass is 324 g/mol. The molecule has 0 spiro atoms. The third-order valence-corrected chi connectivity index (χ3v) is 5.06.